The van der Waals surface area contributed by atoms with Crippen LogP contribution in [0.1, 0.15) is 32.1 Å². The molecule has 0 atom stereocenters. The van der Waals surface area contributed by atoms with Gasteiger partial charge in [-0.2, -0.15) is 10.1 Å². The number of aromatic nitrogens is 3. The van der Waals surface area contributed by atoms with Crippen LogP contribution in [0.4, 0.5) is 11.8 Å². The first-order chi connectivity index (χ1) is 9.24. The molecular weight excluding hydrogens is 240 g/mol. The first-order valence-electron chi connectivity index (χ1n) is 7.09. The molecule has 1 saturated carbocycles. The maximum absolute atomic E-state index is 4.44. The van der Waals surface area contributed by atoms with E-state index < -0.39 is 0 Å². The Morgan fingerprint density at radius 1 is 1.32 bits per heavy atom. The summed E-state index contributed by atoms with van der Waals surface area (Å²) in [5.41, 5.74) is 0. The maximum atomic E-state index is 4.44. The number of anilines is 2. The fourth-order valence-corrected chi connectivity index (χ4v) is 2.32. The lowest BCUT2D eigenvalue weighted by molar-refractivity contribution is 0.405. The SMILES string of the molecule is CN(C)CCCNc1nncc(NC2CCCC2)n1. The summed E-state index contributed by atoms with van der Waals surface area (Å²) in [4.78, 5) is 6.61. The Bertz CT molecular complexity index is 375. The smallest absolute Gasteiger partial charge is 0.244 e. The third kappa shape index (κ3) is 4.98. The van der Waals surface area contributed by atoms with E-state index in [0.717, 1.165) is 25.3 Å². The number of rotatable bonds is 7. The van der Waals surface area contributed by atoms with Gasteiger partial charge < -0.3 is 15.5 Å². The van der Waals surface area contributed by atoms with Gasteiger partial charge in [-0.1, -0.05) is 12.8 Å². The van der Waals surface area contributed by atoms with E-state index in [1.807, 2.05) is 0 Å². The molecule has 0 bridgehead atoms. The molecule has 1 heterocycles. The van der Waals surface area contributed by atoms with E-state index in [2.05, 4.69) is 44.8 Å². The van der Waals surface area contributed by atoms with Gasteiger partial charge in [0.1, 0.15) is 0 Å². The van der Waals surface area contributed by atoms with Crippen LogP contribution in [-0.2, 0) is 0 Å². The van der Waals surface area contributed by atoms with Gasteiger partial charge in [0.05, 0.1) is 6.20 Å². The van der Waals surface area contributed by atoms with Crippen LogP contribution >= 0.6 is 0 Å². The second-order valence-electron chi connectivity index (χ2n) is 5.37. The van der Waals surface area contributed by atoms with Gasteiger partial charge >= 0.3 is 0 Å². The van der Waals surface area contributed by atoms with E-state index >= 15 is 0 Å². The highest BCUT2D eigenvalue weighted by molar-refractivity contribution is 5.37. The molecule has 2 N–H and O–H groups in total. The van der Waals surface area contributed by atoms with Gasteiger partial charge in [0.15, 0.2) is 5.82 Å². The second kappa shape index (κ2) is 7.23. The molecule has 2 rings (SSSR count). The zero-order chi connectivity index (χ0) is 13.5. The standard InChI is InChI=1S/C13H24N6/c1-19(2)9-5-8-14-13-17-12(10-15-18-13)16-11-6-3-4-7-11/h10-11H,3-9H2,1-2H3,(H2,14,16,17,18). The van der Waals surface area contributed by atoms with Crippen LogP contribution in [0.3, 0.4) is 0 Å². The van der Waals surface area contributed by atoms with Crippen LogP contribution in [-0.4, -0.2) is 53.3 Å². The summed E-state index contributed by atoms with van der Waals surface area (Å²) in [6, 6.07) is 0.554. The molecular formula is C13H24N6. The van der Waals surface area contributed by atoms with Crippen molar-refractivity contribution in [1.82, 2.24) is 20.1 Å². The van der Waals surface area contributed by atoms with Crippen molar-refractivity contribution in [2.45, 2.75) is 38.1 Å². The topological polar surface area (TPSA) is 66.0 Å². The largest absolute Gasteiger partial charge is 0.366 e. The lowest BCUT2D eigenvalue weighted by Crippen LogP contribution is -2.18. The third-order valence-electron chi connectivity index (χ3n) is 3.33. The molecule has 19 heavy (non-hydrogen) atoms. The average molecular weight is 264 g/mol. The molecule has 0 spiro atoms. The quantitative estimate of drug-likeness (QED) is 0.729. The molecule has 0 radical (unpaired) electrons. The summed E-state index contributed by atoms with van der Waals surface area (Å²) in [5, 5.41) is 14.6. The van der Waals surface area contributed by atoms with E-state index in [0.29, 0.717) is 12.0 Å². The summed E-state index contributed by atoms with van der Waals surface area (Å²) in [5.74, 6) is 1.44. The highest BCUT2D eigenvalue weighted by Crippen LogP contribution is 2.21. The fourth-order valence-electron chi connectivity index (χ4n) is 2.32. The minimum absolute atomic E-state index is 0.554. The Kier molecular flexibility index (Phi) is 5.32. The van der Waals surface area contributed by atoms with Crippen LogP contribution in [0.2, 0.25) is 0 Å². The molecule has 0 amide bonds. The predicted octanol–water partition coefficient (Wildman–Crippen LogP) is 1.59. The lowest BCUT2D eigenvalue weighted by Gasteiger charge is -2.13. The Balaban J connectivity index is 1.77. The molecule has 6 nitrogen and oxygen atoms in total. The normalized spacial score (nSPS) is 15.9. The zero-order valence-corrected chi connectivity index (χ0v) is 11.9. The summed E-state index contributed by atoms with van der Waals surface area (Å²) in [6.45, 7) is 1.92. The molecule has 0 aliphatic heterocycles. The van der Waals surface area contributed by atoms with Gasteiger partial charge in [0, 0.05) is 12.6 Å². The van der Waals surface area contributed by atoms with Crippen molar-refractivity contribution in [2.75, 3.05) is 37.8 Å². The first kappa shape index (κ1) is 14.0. The Hall–Kier alpha value is -1.43. The number of nitrogens with one attached hydrogen (secondary N) is 2. The minimum atomic E-state index is 0.554. The second-order valence-corrected chi connectivity index (χ2v) is 5.37. The zero-order valence-electron chi connectivity index (χ0n) is 11.9. The molecule has 1 fully saturated rings. The molecule has 1 aromatic heterocycles. The van der Waals surface area contributed by atoms with Gasteiger partial charge in [0.2, 0.25) is 5.95 Å². The summed E-state index contributed by atoms with van der Waals surface area (Å²) in [7, 11) is 4.15. The molecule has 0 unspecified atom stereocenters. The predicted molar refractivity (Wildman–Crippen MR) is 77.4 cm³/mol. The third-order valence-corrected chi connectivity index (χ3v) is 3.33. The van der Waals surface area contributed by atoms with Crippen molar-refractivity contribution < 1.29 is 0 Å². The molecule has 6 heteroatoms. The highest BCUT2D eigenvalue weighted by Gasteiger charge is 2.15. The van der Waals surface area contributed by atoms with Gasteiger partial charge in [-0.3, -0.25) is 0 Å². The van der Waals surface area contributed by atoms with Crippen LogP contribution in [0.5, 0.6) is 0 Å². The molecule has 0 saturated heterocycles. The summed E-state index contributed by atoms with van der Waals surface area (Å²) < 4.78 is 0. The Labute approximate surface area is 115 Å². The minimum Gasteiger partial charge on any atom is -0.366 e. The molecule has 1 aliphatic carbocycles. The lowest BCUT2D eigenvalue weighted by atomic mass is 10.2. The highest BCUT2D eigenvalue weighted by atomic mass is 15.3. The van der Waals surface area contributed by atoms with Gasteiger partial charge in [0.25, 0.3) is 0 Å². The van der Waals surface area contributed by atoms with E-state index in [-0.39, 0.29) is 0 Å². The van der Waals surface area contributed by atoms with E-state index in [1.165, 1.54) is 25.7 Å². The van der Waals surface area contributed by atoms with E-state index in [1.54, 1.807) is 6.20 Å². The number of hydrogen-bond acceptors (Lipinski definition) is 6. The monoisotopic (exact) mass is 264 g/mol. The van der Waals surface area contributed by atoms with Crippen LogP contribution in [0.25, 0.3) is 0 Å². The Morgan fingerprint density at radius 3 is 2.84 bits per heavy atom. The first-order valence-corrected chi connectivity index (χ1v) is 7.09. The maximum Gasteiger partial charge on any atom is 0.244 e. The van der Waals surface area contributed by atoms with Gasteiger partial charge in [-0.15, -0.1) is 5.10 Å². The number of hydrogen-bond donors (Lipinski definition) is 2. The van der Waals surface area contributed by atoms with Gasteiger partial charge in [-0.25, -0.2) is 0 Å². The van der Waals surface area contributed by atoms with Crippen molar-refractivity contribution >= 4 is 11.8 Å². The number of nitrogens with zero attached hydrogens (tertiary/aromatic N) is 4. The molecule has 1 aromatic rings. The van der Waals surface area contributed by atoms with Crippen molar-refractivity contribution in [2.24, 2.45) is 0 Å². The van der Waals surface area contributed by atoms with E-state index in [4.69, 9.17) is 0 Å². The van der Waals surface area contributed by atoms with Crippen molar-refractivity contribution in [1.29, 1.82) is 0 Å². The van der Waals surface area contributed by atoms with Crippen molar-refractivity contribution in [3.05, 3.63) is 6.20 Å². The molecule has 1 aliphatic rings. The van der Waals surface area contributed by atoms with E-state index in [9.17, 15) is 0 Å². The van der Waals surface area contributed by atoms with Crippen LogP contribution in [0.15, 0.2) is 6.20 Å². The Morgan fingerprint density at radius 2 is 2.11 bits per heavy atom. The van der Waals surface area contributed by atoms with Crippen LogP contribution in [0, 0.1) is 0 Å². The average Bonchev–Trinajstić information content (AvgIpc) is 2.88. The summed E-state index contributed by atoms with van der Waals surface area (Å²) in [6.07, 6.45) is 7.85. The fraction of sp³-hybridized carbons (Fsp3) is 0.769. The van der Waals surface area contributed by atoms with Crippen molar-refractivity contribution in [3.8, 4) is 0 Å². The van der Waals surface area contributed by atoms with Gasteiger partial charge in [-0.05, 0) is 39.9 Å². The van der Waals surface area contributed by atoms with Crippen molar-refractivity contribution in [3.63, 3.8) is 0 Å². The summed E-state index contributed by atoms with van der Waals surface area (Å²) >= 11 is 0. The van der Waals surface area contributed by atoms with Crippen LogP contribution < -0.4 is 10.6 Å². The molecule has 106 valence electrons. The molecule has 0 aromatic carbocycles.